The van der Waals surface area contributed by atoms with Crippen LogP contribution in [0.5, 0.6) is 0 Å². The lowest BCUT2D eigenvalue weighted by molar-refractivity contribution is 0.0688. The van der Waals surface area contributed by atoms with Crippen LogP contribution in [0.25, 0.3) is 0 Å². The maximum Gasteiger partial charge on any atom is 0.0308 e. The highest BCUT2D eigenvalue weighted by Gasteiger charge is 2.47. The van der Waals surface area contributed by atoms with E-state index >= 15 is 0 Å². The zero-order valence-electron chi connectivity index (χ0n) is 12.3. The topological polar surface area (TPSA) is 42.2 Å². The molecule has 1 aromatic rings. The molecule has 1 atom stereocenters. The number of rotatable bonds is 0. The van der Waals surface area contributed by atoms with E-state index in [-0.39, 0.29) is 17.0 Å². The van der Waals surface area contributed by atoms with Gasteiger partial charge in [0, 0.05) is 29.4 Å². The summed E-state index contributed by atoms with van der Waals surface area (Å²) >= 11 is 0. The Bertz CT molecular complexity index is 467. The number of fused-ring (bicyclic) bond motifs is 2. The molecule has 1 aliphatic heterocycles. The van der Waals surface area contributed by atoms with Gasteiger partial charge in [-0.15, -0.1) is 0 Å². The Morgan fingerprint density at radius 1 is 1.32 bits per heavy atom. The first-order valence-corrected chi connectivity index (χ1v) is 7.37. The third-order valence-corrected chi connectivity index (χ3v) is 5.20. The second-order valence-corrected chi connectivity index (χ2v) is 7.16. The zero-order chi connectivity index (χ0) is 13.7. The van der Waals surface area contributed by atoms with Crippen LogP contribution in [0.15, 0.2) is 18.5 Å². The summed E-state index contributed by atoms with van der Waals surface area (Å²) in [5.74, 6) is 0. The maximum atomic E-state index is 6.50. The van der Waals surface area contributed by atoms with Crippen molar-refractivity contribution in [3.8, 4) is 0 Å². The molecule has 1 spiro atoms. The predicted octanol–water partition coefficient (Wildman–Crippen LogP) is 2.10. The highest BCUT2D eigenvalue weighted by Crippen LogP contribution is 2.45. The summed E-state index contributed by atoms with van der Waals surface area (Å²) in [6.07, 6.45) is 7.32. The van der Waals surface area contributed by atoms with E-state index in [1.807, 2.05) is 6.20 Å². The highest BCUT2D eigenvalue weighted by molar-refractivity contribution is 5.41. The molecule has 1 fully saturated rings. The van der Waals surface area contributed by atoms with Crippen molar-refractivity contribution < 1.29 is 0 Å². The molecule has 0 amide bonds. The van der Waals surface area contributed by atoms with Crippen molar-refractivity contribution in [1.29, 1.82) is 0 Å². The minimum absolute atomic E-state index is 0.186. The van der Waals surface area contributed by atoms with Gasteiger partial charge >= 0.3 is 0 Å². The molecule has 3 heteroatoms. The Balaban J connectivity index is 1.87. The Kier molecular flexibility index (Phi) is 2.95. The summed E-state index contributed by atoms with van der Waals surface area (Å²) in [5, 5.41) is 0. The van der Waals surface area contributed by atoms with Crippen molar-refractivity contribution >= 4 is 0 Å². The fourth-order valence-corrected chi connectivity index (χ4v) is 3.90. The van der Waals surface area contributed by atoms with Crippen molar-refractivity contribution in [3.05, 3.63) is 29.6 Å². The quantitative estimate of drug-likeness (QED) is 0.776. The smallest absolute Gasteiger partial charge is 0.0308 e. The fourth-order valence-electron chi connectivity index (χ4n) is 3.90. The van der Waals surface area contributed by atoms with Gasteiger partial charge in [0.2, 0.25) is 0 Å². The van der Waals surface area contributed by atoms with E-state index in [1.165, 1.54) is 24.0 Å². The molecule has 1 aliphatic carbocycles. The fraction of sp³-hybridized carbons (Fsp3) is 0.688. The molecule has 104 valence electrons. The van der Waals surface area contributed by atoms with Gasteiger partial charge in [-0.3, -0.25) is 9.88 Å². The number of nitrogens with two attached hydrogens (primary N) is 1. The van der Waals surface area contributed by atoms with Crippen LogP contribution in [-0.2, 0) is 11.8 Å². The molecule has 0 aromatic carbocycles. The first-order chi connectivity index (χ1) is 8.93. The molecule has 1 aromatic heterocycles. The molecule has 3 nitrogen and oxygen atoms in total. The van der Waals surface area contributed by atoms with Crippen molar-refractivity contribution in [2.75, 3.05) is 13.1 Å². The molecule has 0 unspecified atom stereocenters. The molecule has 1 saturated heterocycles. The van der Waals surface area contributed by atoms with E-state index in [0.717, 1.165) is 19.5 Å². The molecule has 2 aliphatic rings. The van der Waals surface area contributed by atoms with E-state index in [4.69, 9.17) is 5.73 Å². The molecule has 2 N–H and O–H groups in total. The predicted molar refractivity (Wildman–Crippen MR) is 78.2 cm³/mol. The second-order valence-electron chi connectivity index (χ2n) is 7.16. The van der Waals surface area contributed by atoms with Gasteiger partial charge < -0.3 is 5.73 Å². The average Bonchev–Trinajstić information content (AvgIpc) is 2.63. The van der Waals surface area contributed by atoms with E-state index in [2.05, 4.69) is 42.9 Å². The maximum absolute atomic E-state index is 6.50. The Labute approximate surface area is 116 Å². The molecule has 2 heterocycles. The van der Waals surface area contributed by atoms with Gasteiger partial charge in [-0.1, -0.05) is 0 Å². The Hall–Kier alpha value is -0.930. The van der Waals surface area contributed by atoms with E-state index in [1.54, 1.807) is 0 Å². The van der Waals surface area contributed by atoms with Gasteiger partial charge in [0.05, 0.1) is 0 Å². The monoisotopic (exact) mass is 259 g/mol. The van der Waals surface area contributed by atoms with Gasteiger partial charge in [0.15, 0.2) is 0 Å². The average molecular weight is 259 g/mol. The van der Waals surface area contributed by atoms with Crippen LogP contribution < -0.4 is 5.73 Å². The van der Waals surface area contributed by atoms with Crippen molar-refractivity contribution in [2.24, 2.45) is 5.73 Å². The second kappa shape index (κ2) is 4.29. The normalized spacial score (nSPS) is 26.6. The lowest BCUT2D eigenvalue weighted by atomic mass is 9.71. The summed E-state index contributed by atoms with van der Waals surface area (Å²) < 4.78 is 0. The first kappa shape index (κ1) is 13.1. The lowest BCUT2D eigenvalue weighted by Crippen LogP contribution is -2.54. The van der Waals surface area contributed by atoms with Crippen molar-refractivity contribution in [3.63, 3.8) is 0 Å². The number of nitrogens with zero attached hydrogens (tertiary/aromatic N) is 2. The highest BCUT2D eigenvalue weighted by atomic mass is 15.2. The number of pyridine rings is 1. The molecule has 0 bridgehead atoms. The first-order valence-electron chi connectivity index (χ1n) is 7.37. The molecular formula is C16H25N3. The molecular weight excluding hydrogens is 234 g/mol. The number of aromatic nitrogens is 1. The molecule has 0 saturated carbocycles. The van der Waals surface area contributed by atoms with E-state index < -0.39 is 0 Å². The van der Waals surface area contributed by atoms with Crippen LogP contribution in [0.3, 0.4) is 0 Å². The molecule has 3 rings (SSSR count). The van der Waals surface area contributed by atoms with Gasteiger partial charge in [-0.2, -0.15) is 0 Å². The number of hydrogen-bond donors (Lipinski definition) is 1. The van der Waals surface area contributed by atoms with Crippen molar-refractivity contribution in [1.82, 2.24) is 9.88 Å². The van der Waals surface area contributed by atoms with Crippen LogP contribution in [0, 0.1) is 0 Å². The number of likely N-dealkylation sites (tertiary alicyclic amines) is 1. The number of piperidine rings is 1. The van der Waals surface area contributed by atoms with Crippen molar-refractivity contribution in [2.45, 2.75) is 57.0 Å². The van der Waals surface area contributed by atoms with Gasteiger partial charge in [-0.25, -0.2) is 0 Å². The van der Waals surface area contributed by atoms with Crippen LogP contribution in [0.2, 0.25) is 0 Å². The summed E-state index contributed by atoms with van der Waals surface area (Å²) in [6.45, 7) is 9.19. The van der Waals surface area contributed by atoms with Crippen LogP contribution in [0.1, 0.15) is 44.7 Å². The van der Waals surface area contributed by atoms with Crippen LogP contribution in [-0.4, -0.2) is 34.6 Å². The summed E-state index contributed by atoms with van der Waals surface area (Å²) in [5.41, 5.74) is 9.80. The molecule has 0 radical (unpaired) electrons. The van der Waals surface area contributed by atoms with Gasteiger partial charge in [0.1, 0.15) is 0 Å². The van der Waals surface area contributed by atoms with Gasteiger partial charge in [-0.05, 0) is 70.3 Å². The number of hydrogen-bond acceptors (Lipinski definition) is 3. The third kappa shape index (κ3) is 2.00. The lowest BCUT2D eigenvalue weighted by Gasteiger charge is -2.47. The standard InChI is InChI=1S/C16H25N3/c1-15(2,3)19-8-5-16(6-9-19)13-11-18-7-4-12(13)10-14(16)17/h4,7,11,14H,5-6,8-10,17H2,1-3H3/t14-/m1/s1. The van der Waals surface area contributed by atoms with Gasteiger partial charge in [0.25, 0.3) is 0 Å². The van der Waals surface area contributed by atoms with Crippen LogP contribution in [0.4, 0.5) is 0 Å². The minimum atomic E-state index is 0.186. The summed E-state index contributed by atoms with van der Waals surface area (Å²) in [7, 11) is 0. The molecule has 19 heavy (non-hydrogen) atoms. The van der Waals surface area contributed by atoms with Crippen LogP contribution >= 0.6 is 0 Å². The largest absolute Gasteiger partial charge is 0.327 e. The summed E-state index contributed by atoms with van der Waals surface area (Å²) in [4.78, 5) is 6.92. The third-order valence-electron chi connectivity index (χ3n) is 5.20. The van der Waals surface area contributed by atoms with E-state index in [9.17, 15) is 0 Å². The Morgan fingerprint density at radius 3 is 2.63 bits per heavy atom. The zero-order valence-corrected chi connectivity index (χ0v) is 12.3. The summed E-state index contributed by atoms with van der Waals surface area (Å²) in [6, 6.07) is 2.42. The van der Waals surface area contributed by atoms with E-state index in [0.29, 0.717) is 0 Å². The SMILES string of the molecule is CC(C)(C)N1CCC2(CC1)c1cnccc1C[C@H]2N. The Morgan fingerprint density at radius 2 is 2.00 bits per heavy atom. The minimum Gasteiger partial charge on any atom is -0.327 e.